The van der Waals surface area contributed by atoms with Gasteiger partial charge < -0.3 is 10.0 Å². The Morgan fingerprint density at radius 2 is 1.70 bits per heavy atom. The fraction of sp³-hybridized carbons (Fsp3) is 0.250. The quantitative estimate of drug-likeness (QED) is 0.308. The molecule has 0 saturated carbocycles. The minimum atomic E-state index is -0.827. The van der Waals surface area contributed by atoms with Crippen molar-refractivity contribution in [3.05, 3.63) is 69.6 Å². The van der Waals surface area contributed by atoms with Gasteiger partial charge in [-0.1, -0.05) is 72.3 Å². The number of anilines is 1. The smallest absolute Gasteiger partial charge is 0.303 e. The molecule has 6 nitrogen and oxygen atoms in total. The zero-order valence-electron chi connectivity index (χ0n) is 17.6. The van der Waals surface area contributed by atoms with Crippen molar-refractivity contribution in [2.24, 2.45) is 0 Å². The van der Waals surface area contributed by atoms with Crippen molar-refractivity contribution in [2.75, 3.05) is 11.4 Å². The van der Waals surface area contributed by atoms with E-state index in [0.717, 1.165) is 28.6 Å². The fourth-order valence-electron chi connectivity index (χ4n) is 3.89. The molecule has 0 atom stereocenters. The van der Waals surface area contributed by atoms with Crippen molar-refractivity contribution < 1.29 is 19.5 Å². The van der Waals surface area contributed by atoms with Crippen LogP contribution in [-0.4, -0.2) is 38.7 Å². The normalized spacial score (nSPS) is 17.8. The second-order valence-corrected chi connectivity index (χ2v) is 9.85. The third-order valence-corrected chi connectivity index (χ3v) is 7.23. The third-order valence-electron chi connectivity index (χ3n) is 5.53. The standard InChI is InChI=1S/C24H21ClN2O4S2/c25-16-11-9-15(10-12-16)14-27-18-7-4-3-6-17(18)20(22(27)30)21-23(31)26(24(32)33-21)13-5-1-2-8-19(28)29/h3-4,6-7,9-12H,1-2,5,8,13-14H2,(H,28,29)/b21-20-. The molecule has 2 heterocycles. The van der Waals surface area contributed by atoms with Crippen LogP contribution >= 0.6 is 35.6 Å². The number of carboxylic acid groups (broad SMARTS) is 1. The van der Waals surface area contributed by atoms with Gasteiger partial charge in [-0.25, -0.2) is 0 Å². The van der Waals surface area contributed by atoms with E-state index in [4.69, 9.17) is 28.9 Å². The van der Waals surface area contributed by atoms with Crippen LogP contribution in [0.15, 0.2) is 53.4 Å². The number of carbonyl (C=O) groups excluding carboxylic acids is 2. The van der Waals surface area contributed by atoms with Crippen LogP contribution in [0.25, 0.3) is 5.57 Å². The number of carbonyl (C=O) groups is 3. The highest BCUT2D eigenvalue weighted by Crippen LogP contribution is 2.45. The second kappa shape index (κ2) is 10.1. The van der Waals surface area contributed by atoms with Crippen molar-refractivity contribution in [3.8, 4) is 0 Å². The van der Waals surface area contributed by atoms with Crippen LogP contribution in [0.5, 0.6) is 0 Å². The van der Waals surface area contributed by atoms with Gasteiger partial charge in [-0.15, -0.1) is 0 Å². The summed E-state index contributed by atoms with van der Waals surface area (Å²) in [6.45, 7) is 0.770. The number of fused-ring (bicyclic) bond motifs is 1. The first-order chi connectivity index (χ1) is 15.9. The molecule has 2 aliphatic rings. The van der Waals surface area contributed by atoms with E-state index in [1.807, 2.05) is 36.4 Å². The lowest BCUT2D eigenvalue weighted by Gasteiger charge is -2.17. The fourth-order valence-corrected chi connectivity index (χ4v) is 5.40. The lowest BCUT2D eigenvalue weighted by atomic mass is 10.1. The molecule has 4 rings (SSSR count). The summed E-state index contributed by atoms with van der Waals surface area (Å²) in [5, 5.41) is 9.38. The molecule has 0 bridgehead atoms. The molecule has 0 spiro atoms. The first kappa shape index (κ1) is 23.5. The average molecular weight is 501 g/mol. The number of halogens is 1. The Labute approximate surface area is 206 Å². The Balaban J connectivity index is 1.57. The van der Waals surface area contributed by atoms with E-state index < -0.39 is 5.97 Å². The zero-order valence-corrected chi connectivity index (χ0v) is 20.0. The van der Waals surface area contributed by atoms with Gasteiger partial charge in [0.25, 0.3) is 11.8 Å². The molecule has 1 N–H and O–H groups in total. The van der Waals surface area contributed by atoms with E-state index in [1.54, 1.807) is 17.0 Å². The second-order valence-electron chi connectivity index (χ2n) is 7.77. The highest BCUT2D eigenvalue weighted by molar-refractivity contribution is 8.26. The number of aliphatic carboxylic acids is 1. The third kappa shape index (κ3) is 4.98. The van der Waals surface area contributed by atoms with Gasteiger partial charge in [-0.3, -0.25) is 19.3 Å². The summed E-state index contributed by atoms with van der Waals surface area (Å²) in [6, 6.07) is 14.8. The van der Waals surface area contributed by atoms with Gasteiger partial charge in [0.2, 0.25) is 0 Å². The summed E-state index contributed by atoms with van der Waals surface area (Å²) in [4.78, 5) is 40.9. The maximum Gasteiger partial charge on any atom is 0.303 e. The molecule has 0 radical (unpaired) electrons. The summed E-state index contributed by atoms with van der Waals surface area (Å²) < 4.78 is 0.419. The Bertz CT molecular complexity index is 1160. The number of unbranched alkanes of at least 4 members (excludes halogenated alkanes) is 2. The number of carboxylic acids is 1. The lowest BCUT2D eigenvalue weighted by molar-refractivity contribution is -0.137. The summed E-state index contributed by atoms with van der Waals surface area (Å²) in [7, 11) is 0. The Kier molecular flexibility index (Phi) is 7.17. The van der Waals surface area contributed by atoms with Gasteiger partial charge in [0.05, 0.1) is 22.7 Å². The lowest BCUT2D eigenvalue weighted by Crippen LogP contribution is -2.30. The van der Waals surface area contributed by atoms with Crippen molar-refractivity contribution in [1.29, 1.82) is 0 Å². The Hall–Kier alpha value is -2.68. The Morgan fingerprint density at radius 1 is 0.970 bits per heavy atom. The summed E-state index contributed by atoms with van der Waals surface area (Å²) in [6.07, 6.45) is 2.00. The Morgan fingerprint density at radius 3 is 2.42 bits per heavy atom. The van der Waals surface area contributed by atoms with Crippen LogP contribution in [-0.2, 0) is 20.9 Å². The molecule has 2 aliphatic heterocycles. The maximum absolute atomic E-state index is 13.5. The van der Waals surface area contributed by atoms with Crippen molar-refractivity contribution in [3.63, 3.8) is 0 Å². The molecular formula is C24H21ClN2O4S2. The van der Waals surface area contributed by atoms with E-state index in [1.165, 1.54) is 4.90 Å². The largest absolute Gasteiger partial charge is 0.481 e. The number of hydrogen-bond acceptors (Lipinski definition) is 5. The van der Waals surface area contributed by atoms with E-state index in [2.05, 4.69) is 0 Å². The van der Waals surface area contributed by atoms with Gasteiger partial charge in [0, 0.05) is 23.6 Å². The number of thioether (sulfide) groups is 1. The molecular weight excluding hydrogens is 480 g/mol. The number of rotatable bonds is 8. The van der Waals surface area contributed by atoms with Crippen LogP contribution in [0.4, 0.5) is 5.69 Å². The molecule has 0 unspecified atom stereocenters. The highest BCUT2D eigenvalue weighted by atomic mass is 35.5. The summed E-state index contributed by atoms with van der Waals surface area (Å²) in [5.74, 6) is -1.32. The minimum absolute atomic E-state index is 0.108. The summed E-state index contributed by atoms with van der Waals surface area (Å²) in [5.41, 5.74) is 2.79. The van der Waals surface area contributed by atoms with E-state index >= 15 is 0 Å². The molecule has 0 aromatic heterocycles. The first-order valence-corrected chi connectivity index (χ1v) is 12.1. The number of nitrogens with zero attached hydrogens (tertiary/aromatic N) is 2. The minimum Gasteiger partial charge on any atom is -0.481 e. The van der Waals surface area contributed by atoms with Crippen molar-refractivity contribution in [2.45, 2.75) is 32.2 Å². The molecule has 0 aliphatic carbocycles. The maximum atomic E-state index is 13.5. The number of hydrogen-bond donors (Lipinski definition) is 1. The number of benzene rings is 2. The van der Waals surface area contributed by atoms with Gasteiger partial charge in [-0.2, -0.15) is 0 Å². The van der Waals surface area contributed by atoms with E-state index in [9.17, 15) is 14.4 Å². The average Bonchev–Trinajstić information content (AvgIpc) is 3.22. The monoisotopic (exact) mass is 500 g/mol. The van der Waals surface area contributed by atoms with Crippen molar-refractivity contribution in [1.82, 2.24) is 4.90 Å². The first-order valence-electron chi connectivity index (χ1n) is 10.5. The number of para-hydroxylation sites is 1. The van der Waals surface area contributed by atoms with Gasteiger partial charge >= 0.3 is 5.97 Å². The predicted octanol–water partition coefficient (Wildman–Crippen LogP) is 5.10. The van der Waals surface area contributed by atoms with E-state index in [0.29, 0.717) is 52.2 Å². The zero-order chi connectivity index (χ0) is 23.5. The molecule has 9 heteroatoms. The molecule has 2 amide bonds. The van der Waals surface area contributed by atoms with Gasteiger partial charge in [0.15, 0.2) is 0 Å². The molecule has 2 aromatic carbocycles. The molecule has 33 heavy (non-hydrogen) atoms. The molecule has 170 valence electrons. The predicted molar refractivity (Wildman–Crippen MR) is 134 cm³/mol. The van der Waals surface area contributed by atoms with Gasteiger partial charge in [-0.05, 0) is 36.6 Å². The topological polar surface area (TPSA) is 77.9 Å². The SMILES string of the molecule is O=C(O)CCCCCN1C(=O)/C(=C2/C(=O)N(Cc3ccc(Cl)cc3)c3ccccc32)SC1=S. The molecule has 2 aromatic rings. The summed E-state index contributed by atoms with van der Waals surface area (Å²) >= 11 is 12.6. The van der Waals surface area contributed by atoms with Crippen LogP contribution in [0, 0.1) is 0 Å². The van der Waals surface area contributed by atoms with Gasteiger partial charge in [0.1, 0.15) is 4.32 Å². The number of amides is 2. The number of thiocarbonyl (C=S) groups is 1. The van der Waals surface area contributed by atoms with Crippen LogP contribution in [0.2, 0.25) is 5.02 Å². The van der Waals surface area contributed by atoms with E-state index in [-0.39, 0.29) is 18.2 Å². The van der Waals surface area contributed by atoms with Crippen LogP contribution < -0.4 is 4.90 Å². The van der Waals surface area contributed by atoms with Crippen molar-refractivity contribution >= 4 is 68.9 Å². The highest BCUT2D eigenvalue weighted by Gasteiger charge is 2.41. The molecule has 1 fully saturated rings. The molecule has 1 saturated heterocycles. The van der Waals surface area contributed by atoms with Crippen LogP contribution in [0.3, 0.4) is 0 Å². The van der Waals surface area contributed by atoms with Crippen LogP contribution in [0.1, 0.15) is 36.8 Å².